The third kappa shape index (κ3) is 5.20. The molecule has 0 N–H and O–H groups in total. The van der Waals surface area contributed by atoms with Crippen LogP contribution in [0.2, 0.25) is 0 Å². The highest BCUT2D eigenvalue weighted by atomic mass is 32.1. The smallest absolute Gasteiger partial charge is 0.254 e. The predicted octanol–water partition coefficient (Wildman–Crippen LogP) is 4.87. The fourth-order valence-electron chi connectivity index (χ4n) is 4.59. The van der Waals surface area contributed by atoms with Gasteiger partial charge in [0.25, 0.3) is 5.91 Å². The van der Waals surface area contributed by atoms with Crippen LogP contribution in [0.4, 0.5) is 0 Å². The first-order valence-corrected chi connectivity index (χ1v) is 12.9. The monoisotopic (exact) mass is 490 g/mol. The van der Waals surface area contributed by atoms with E-state index in [0.29, 0.717) is 24.5 Å². The van der Waals surface area contributed by atoms with Gasteiger partial charge in [0.1, 0.15) is 24.7 Å². The van der Waals surface area contributed by atoms with Crippen molar-refractivity contribution in [1.82, 2.24) is 9.80 Å². The highest BCUT2D eigenvalue weighted by Crippen LogP contribution is 2.35. The molecular weight excluding hydrogens is 460 g/mol. The molecule has 0 spiro atoms. The zero-order chi connectivity index (χ0) is 24.4. The van der Waals surface area contributed by atoms with Gasteiger partial charge in [-0.2, -0.15) is 0 Å². The fraction of sp³-hybridized carbons (Fsp3) is 0.357. The Kier molecular flexibility index (Phi) is 6.77. The standard InChI is InChI=1S/C28H30N2O4S/c1-19-6-8-20(9-7-19)28(32)30(21-10-11-21)17-27(31)29-14-12-26-24(13-15-35-26)25(29)18-34-23-5-3-4-22(16-23)33-2/h3-9,13,15-16,21,25H,10-12,14,17-18H2,1-2H3/t25-/m0/s1. The largest absolute Gasteiger partial charge is 0.497 e. The van der Waals surface area contributed by atoms with Crippen molar-refractivity contribution < 1.29 is 19.1 Å². The van der Waals surface area contributed by atoms with Crippen LogP contribution in [0.15, 0.2) is 60.0 Å². The lowest BCUT2D eigenvalue weighted by molar-refractivity contribution is -0.135. The number of hydrogen-bond acceptors (Lipinski definition) is 5. The molecule has 1 saturated carbocycles. The highest BCUT2D eigenvalue weighted by Gasteiger charge is 2.38. The summed E-state index contributed by atoms with van der Waals surface area (Å²) in [5.41, 5.74) is 2.88. The summed E-state index contributed by atoms with van der Waals surface area (Å²) in [5, 5.41) is 2.08. The lowest BCUT2D eigenvalue weighted by atomic mass is 10.0. The number of rotatable bonds is 8. The number of fused-ring (bicyclic) bond motifs is 1. The molecule has 0 unspecified atom stereocenters. The third-order valence-corrected chi connectivity index (χ3v) is 7.71. The van der Waals surface area contributed by atoms with Gasteiger partial charge in [0.15, 0.2) is 0 Å². The van der Waals surface area contributed by atoms with Crippen molar-refractivity contribution in [3.05, 3.63) is 81.5 Å². The summed E-state index contributed by atoms with van der Waals surface area (Å²) < 4.78 is 11.4. The summed E-state index contributed by atoms with van der Waals surface area (Å²) in [5.74, 6) is 1.32. The first-order chi connectivity index (χ1) is 17.0. The van der Waals surface area contributed by atoms with Crippen LogP contribution in [0.3, 0.4) is 0 Å². The van der Waals surface area contributed by atoms with Gasteiger partial charge in [-0.25, -0.2) is 0 Å². The minimum Gasteiger partial charge on any atom is -0.497 e. The van der Waals surface area contributed by atoms with Crippen molar-refractivity contribution in [1.29, 1.82) is 0 Å². The van der Waals surface area contributed by atoms with E-state index >= 15 is 0 Å². The van der Waals surface area contributed by atoms with Gasteiger partial charge in [0.05, 0.1) is 13.2 Å². The van der Waals surface area contributed by atoms with E-state index < -0.39 is 0 Å². The molecule has 1 aliphatic heterocycles. The molecule has 1 aliphatic carbocycles. The number of benzene rings is 2. The number of hydrogen-bond donors (Lipinski definition) is 0. The Morgan fingerprint density at radius 1 is 1.09 bits per heavy atom. The first-order valence-electron chi connectivity index (χ1n) is 12.0. The van der Waals surface area contributed by atoms with Crippen LogP contribution >= 0.6 is 11.3 Å². The second-order valence-electron chi connectivity index (χ2n) is 9.17. The Bertz CT molecular complexity index is 1200. The zero-order valence-electron chi connectivity index (χ0n) is 20.1. The molecule has 6 nitrogen and oxygen atoms in total. The van der Waals surface area contributed by atoms with Crippen LogP contribution < -0.4 is 9.47 Å². The molecule has 1 aromatic heterocycles. The molecule has 0 bridgehead atoms. The summed E-state index contributed by atoms with van der Waals surface area (Å²) in [7, 11) is 1.63. The Hall–Kier alpha value is -3.32. The molecule has 2 aromatic carbocycles. The molecule has 5 rings (SSSR count). The van der Waals surface area contributed by atoms with Crippen LogP contribution in [0.1, 0.15) is 45.2 Å². The lowest BCUT2D eigenvalue weighted by Gasteiger charge is -2.37. The maximum absolute atomic E-state index is 13.6. The van der Waals surface area contributed by atoms with Crippen molar-refractivity contribution >= 4 is 23.2 Å². The maximum atomic E-state index is 13.6. The highest BCUT2D eigenvalue weighted by molar-refractivity contribution is 7.10. The number of amides is 2. The number of carbonyl (C=O) groups excluding carboxylic acids is 2. The topological polar surface area (TPSA) is 59.1 Å². The van der Waals surface area contributed by atoms with E-state index in [-0.39, 0.29) is 30.4 Å². The molecule has 1 fully saturated rings. The van der Waals surface area contributed by atoms with Crippen molar-refractivity contribution in [2.24, 2.45) is 0 Å². The Morgan fingerprint density at radius 3 is 2.60 bits per heavy atom. The van der Waals surface area contributed by atoms with Crippen LogP contribution in [-0.4, -0.2) is 54.5 Å². The molecule has 7 heteroatoms. The molecular formula is C28H30N2O4S. The first kappa shape index (κ1) is 23.4. The van der Waals surface area contributed by atoms with Gasteiger partial charge in [0, 0.05) is 29.1 Å². The Balaban J connectivity index is 1.33. The van der Waals surface area contributed by atoms with E-state index in [1.807, 2.05) is 60.4 Å². The third-order valence-electron chi connectivity index (χ3n) is 6.72. The second kappa shape index (κ2) is 10.1. The van der Waals surface area contributed by atoms with Crippen LogP contribution in [-0.2, 0) is 11.2 Å². The minimum absolute atomic E-state index is 0.0338. The summed E-state index contributed by atoms with van der Waals surface area (Å²) in [4.78, 5) is 31.9. The molecule has 0 radical (unpaired) electrons. The normalized spacial score (nSPS) is 17.0. The average Bonchev–Trinajstić information content (AvgIpc) is 3.61. The van der Waals surface area contributed by atoms with Crippen molar-refractivity contribution in [2.45, 2.75) is 38.3 Å². The molecule has 1 atom stereocenters. The lowest BCUT2D eigenvalue weighted by Crippen LogP contribution is -2.48. The maximum Gasteiger partial charge on any atom is 0.254 e. The van der Waals surface area contributed by atoms with E-state index in [9.17, 15) is 9.59 Å². The molecule has 2 amide bonds. The van der Waals surface area contributed by atoms with Gasteiger partial charge < -0.3 is 19.3 Å². The van der Waals surface area contributed by atoms with Crippen molar-refractivity contribution in [3.8, 4) is 11.5 Å². The zero-order valence-corrected chi connectivity index (χ0v) is 20.9. The van der Waals surface area contributed by atoms with Gasteiger partial charge in [-0.15, -0.1) is 11.3 Å². The number of thiophene rings is 1. The molecule has 2 heterocycles. The number of carbonyl (C=O) groups is 2. The van der Waals surface area contributed by atoms with Crippen molar-refractivity contribution in [3.63, 3.8) is 0 Å². The predicted molar refractivity (Wildman–Crippen MR) is 136 cm³/mol. The molecule has 0 saturated heterocycles. The van der Waals surface area contributed by atoms with Gasteiger partial charge >= 0.3 is 0 Å². The van der Waals surface area contributed by atoms with E-state index in [0.717, 1.165) is 36.1 Å². The van der Waals surface area contributed by atoms with Crippen LogP contribution in [0.25, 0.3) is 0 Å². The number of aryl methyl sites for hydroxylation is 1. The van der Waals surface area contributed by atoms with E-state index in [1.54, 1.807) is 23.3 Å². The Labute approximate surface area is 210 Å². The van der Waals surface area contributed by atoms with Gasteiger partial charge in [-0.3, -0.25) is 9.59 Å². The van der Waals surface area contributed by atoms with E-state index in [4.69, 9.17) is 9.47 Å². The van der Waals surface area contributed by atoms with Crippen molar-refractivity contribution in [2.75, 3.05) is 26.8 Å². The van der Waals surface area contributed by atoms with Crippen LogP contribution in [0, 0.1) is 6.92 Å². The molecule has 182 valence electrons. The summed E-state index contributed by atoms with van der Waals surface area (Å²) in [6.45, 7) is 3.05. The second-order valence-corrected chi connectivity index (χ2v) is 10.2. The fourth-order valence-corrected chi connectivity index (χ4v) is 5.52. The average molecular weight is 491 g/mol. The summed E-state index contributed by atoms with van der Waals surface area (Å²) >= 11 is 1.72. The van der Waals surface area contributed by atoms with Gasteiger partial charge in [-0.1, -0.05) is 23.8 Å². The molecule has 35 heavy (non-hydrogen) atoms. The number of methoxy groups -OCH3 is 1. The molecule has 3 aromatic rings. The number of ether oxygens (including phenoxy) is 2. The van der Waals surface area contributed by atoms with E-state index in [2.05, 4.69) is 11.4 Å². The summed E-state index contributed by atoms with van der Waals surface area (Å²) in [6.07, 6.45) is 2.72. The molecule has 2 aliphatic rings. The van der Waals surface area contributed by atoms with Gasteiger partial charge in [-0.05, 0) is 67.5 Å². The minimum atomic E-state index is -0.195. The number of nitrogens with zero attached hydrogens (tertiary/aromatic N) is 2. The Morgan fingerprint density at radius 2 is 1.86 bits per heavy atom. The van der Waals surface area contributed by atoms with Crippen LogP contribution in [0.5, 0.6) is 11.5 Å². The summed E-state index contributed by atoms with van der Waals surface area (Å²) in [6, 6.07) is 17.1. The quantitative estimate of drug-likeness (QED) is 0.452. The van der Waals surface area contributed by atoms with Gasteiger partial charge in [0.2, 0.25) is 5.91 Å². The van der Waals surface area contributed by atoms with E-state index in [1.165, 1.54) is 4.88 Å². The SMILES string of the molecule is COc1cccc(OC[C@H]2c3ccsc3CCN2C(=O)CN(C(=O)c2ccc(C)cc2)C2CC2)c1.